The molecule has 0 radical (unpaired) electrons. The first-order valence-corrected chi connectivity index (χ1v) is 7.44. The molecule has 4 rings (SSSR count). The molecule has 3 aromatic rings. The van der Waals surface area contributed by atoms with Crippen molar-refractivity contribution in [2.75, 3.05) is 11.4 Å². The monoisotopic (exact) mass is 308 g/mol. The van der Waals surface area contributed by atoms with E-state index in [0.29, 0.717) is 18.0 Å². The van der Waals surface area contributed by atoms with Crippen molar-refractivity contribution in [1.29, 1.82) is 0 Å². The second-order valence-corrected chi connectivity index (χ2v) is 5.65. The Morgan fingerprint density at radius 1 is 1.35 bits per heavy atom. The Kier molecular flexibility index (Phi) is 2.97. The molecule has 1 amide bonds. The third kappa shape index (κ3) is 2.19. The van der Waals surface area contributed by atoms with Gasteiger partial charge in [-0.05, 0) is 31.2 Å². The number of fused-ring (bicyclic) bond motifs is 2. The molecule has 23 heavy (non-hydrogen) atoms. The third-order valence-corrected chi connectivity index (χ3v) is 3.98. The number of nitrogens with zero attached hydrogens (tertiary/aromatic N) is 2. The number of pyridine rings is 1. The van der Waals surface area contributed by atoms with E-state index in [0.717, 1.165) is 22.4 Å². The van der Waals surface area contributed by atoms with Crippen LogP contribution in [0, 0.1) is 0 Å². The zero-order chi connectivity index (χ0) is 16.0. The van der Waals surface area contributed by atoms with Gasteiger partial charge in [-0.3, -0.25) is 4.79 Å². The first-order chi connectivity index (χ1) is 11.1. The summed E-state index contributed by atoms with van der Waals surface area (Å²) in [5, 5.41) is 0.989. The highest BCUT2D eigenvalue weighted by molar-refractivity contribution is 6.00. The van der Waals surface area contributed by atoms with Crippen LogP contribution < -0.4 is 15.4 Å². The van der Waals surface area contributed by atoms with E-state index >= 15 is 0 Å². The van der Waals surface area contributed by atoms with E-state index < -0.39 is 5.91 Å². The third-order valence-electron chi connectivity index (χ3n) is 3.98. The van der Waals surface area contributed by atoms with Crippen LogP contribution in [0.1, 0.15) is 17.3 Å². The number of aromatic amines is 1. The lowest BCUT2D eigenvalue weighted by Crippen LogP contribution is -2.36. The van der Waals surface area contributed by atoms with E-state index in [1.807, 2.05) is 48.4 Å². The molecule has 0 saturated carbocycles. The van der Waals surface area contributed by atoms with Gasteiger partial charge in [-0.2, -0.15) is 4.98 Å². The summed E-state index contributed by atoms with van der Waals surface area (Å²) in [5.74, 6) is 0.106. The van der Waals surface area contributed by atoms with Crippen molar-refractivity contribution in [3.8, 4) is 5.88 Å². The number of benzene rings is 1. The highest BCUT2D eigenvalue weighted by atomic mass is 16.5. The number of nitrogens with one attached hydrogen (secondary N) is 1. The van der Waals surface area contributed by atoms with Crippen molar-refractivity contribution in [2.45, 2.75) is 13.0 Å². The fraction of sp³-hybridized carbons (Fsp3) is 0.176. The van der Waals surface area contributed by atoms with Crippen LogP contribution in [0.15, 0.2) is 42.6 Å². The maximum Gasteiger partial charge on any atom is 0.250 e. The zero-order valence-corrected chi connectivity index (χ0v) is 12.6. The molecule has 1 aromatic carbocycles. The summed E-state index contributed by atoms with van der Waals surface area (Å²) in [6.45, 7) is 2.60. The van der Waals surface area contributed by atoms with E-state index in [-0.39, 0.29) is 6.10 Å². The van der Waals surface area contributed by atoms with Crippen molar-refractivity contribution in [3.05, 3.63) is 48.2 Å². The Bertz CT molecular complexity index is 902. The van der Waals surface area contributed by atoms with Crippen molar-refractivity contribution in [1.82, 2.24) is 9.97 Å². The molecule has 1 aliphatic heterocycles. The van der Waals surface area contributed by atoms with Gasteiger partial charge in [0.2, 0.25) is 5.88 Å². The van der Waals surface area contributed by atoms with Crippen molar-refractivity contribution >= 4 is 28.3 Å². The summed E-state index contributed by atoms with van der Waals surface area (Å²) in [6, 6.07) is 11.3. The van der Waals surface area contributed by atoms with Crippen LogP contribution >= 0.6 is 0 Å². The average molecular weight is 308 g/mol. The van der Waals surface area contributed by atoms with Crippen LogP contribution in [0.4, 0.5) is 11.4 Å². The molecule has 1 atom stereocenters. The lowest BCUT2D eigenvalue weighted by Gasteiger charge is -2.34. The molecule has 6 heteroatoms. The number of anilines is 2. The summed E-state index contributed by atoms with van der Waals surface area (Å²) < 4.78 is 5.87. The van der Waals surface area contributed by atoms with Gasteiger partial charge in [0.05, 0.1) is 17.8 Å². The van der Waals surface area contributed by atoms with Crippen LogP contribution in [0.25, 0.3) is 11.0 Å². The fourth-order valence-electron chi connectivity index (χ4n) is 2.96. The highest BCUT2D eigenvalue weighted by Gasteiger charge is 2.28. The number of rotatable bonds is 2. The summed E-state index contributed by atoms with van der Waals surface area (Å²) in [4.78, 5) is 21.4. The first kappa shape index (κ1) is 13.6. The SMILES string of the molecule is C[C@H]1CN(c2ccccc2C(N)=O)c2cc3cc[nH]c3nc2O1. The molecule has 0 saturated heterocycles. The molecule has 1 aliphatic rings. The molecule has 3 heterocycles. The van der Waals surface area contributed by atoms with Gasteiger partial charge < -0.3 is 20.4 Å². The summed E-state index contributed by atoms with van der Waals surface area (Å²) in [5.41, 5.74) is 8.41. The molecule has 2 aromatic heterocycles. The number of ether oxygens (including phenoxy) is 1. The molecule has 0 fully saturated rings. The number of amides is 1. The zero-order valence-electron chi connectivity index (χ0n) is 12.6. The molecular weight excluding hydrogens is 292 g/mol. The van der Waals surface area contributed by atoms with E-state index in [4.69, 9.17) is 10.5 Å². The van der Waals surface area contributed by atoms with Gasteiger partial charge in [-0.25, -0.2) is 0 Å². The number of nitrogens with two attached hydrogens (primary N) is 1. The Balaban J connectivity index is 1.92. The lowest BCUT2D eigenvalue weighted by molar-refractivity contribution is 0.100. The van der Waals surface area contributed by atoms with Gasteiger partial charge in [0.15, 0.2) is 0 Å². The topological polar surface area (TPSA) is 84.2 Å². The predicted molar refractivity (Wildman–Crippen MR) is 88.1 cm³/mol. The molecule has 3 N–H and O–H groups in total. The Labute approximate surface area is 132 Å². The van der Waals surface area contributed by atoms with E-state index in [2.05, 4.69) is 9.97 Å². The highest BCUT2D eigenvalue weighted by Crippen LogP contribution is 2.39. The van der Waals surface area contributed by atoms with Crippen LogP contribution in [-0.2, 0) is 0 Å². The maximum absolute atomic E-state index is 11.8. The number of primary amides is 1. The minimum Gasteiger partial charge on any atom is -0.471 e. The first-order valence-electron chi connectivity index (χ1n) is 7.44. The Morgan fingerprint density at radius 3 is 3.00 bits per heavy atom. The van der Waals surface area contributed by atoms with Crippen molar-refractivity contribution < 1.29 is 9.53 Å². The normalized spacial score (nSPS) is 16.9. The maximum atomic E-state index is 11.8. The number of hydrogen-bond acceptors (Lipinski definition) is 4. The van der Waals surface area contributed by atoms with Gasteiger partial charge in [-0.1, -0.05) is 12.1 Å². The van der Waals surface area contributed by atoms with E-state index in [1.165, 1.54) is 0 Å². The number of carbonyl (C=O) groups excluding carboxylic acids is 1. The minimum atomic E-state index is -0.447. The van der Waals surface area contributed by atoms with E-state index in [1.54, 1.807) is 6.07 Å². The predicted octanol–water partition coefficient (Wildman–Crippen LogP) is 2.58. The van der Waals surface area contributed by atoms with Crippen LogP contribution in [-0.4, -0.2) is 28.5 Å². The van der Waals surface area contributed by atoms with Crippen LogP contribution in [0.2, 0.25) is 0 Å². The molecule has 0 spiro atoms. The molecule has 6 nitrogen and oxygen atoms in total. The molecule has 116 valence electrons. The van der Waals surface area contributed by atoms with E-state index in [9.17, 15) is 4.79 Å². The summed E-state index contributed by atoms with van der Waals surface area (Å²) in [7, 11) is 0. The molecule has 0 aliphatic carbocycles. The standard InChI is InChI=1S/C17H16N4O2/c1-10-9-21(13-5-3-2-4-12(13)15(18)22)14-8-11-6-7-19-16(11)20-17(14)23-10/h2-8,10H,9H2,1H3,(H2,18,22)(H,19,20)/t10-/m0/s1. The molecule has 0 bridgehead atoms. The van der Waals surface area contributed by atoms with Crippen molar-refractivity contribution in [2.24, 2.45) is 5.73 Å². The smallest absolute Gasteiger partial charge is 0.250 e. The number of aromatic nitrogens is 2. The van der Waals surface area contributed by atoms with Gasteiger partial charge in [0.1, 0.15) is 17.4 Å². The van der Waals surface area contributed by atoms with Gasteiger partial charge >= 0.3 is 0 Å². The Morgan fingerprint density at radius 2 is 2.17 bits per heavy atom. The number of carbonyl (C=O) groups is 1. The Hall–Kier alpha value is -3.02. The number of H-pyrrole nitrogens is 1. The van der Waals surface area contributed by atoms with Gasteiger partial charge in [0.25, 0.3) is 5.91 Å². The summed E-state index contributed by atoms with van der Waals surface area (Å²) >= 11 is 0. The molecular formula is C17H16N4O2. The van der Waals surface area contributed by atoms with Crippen molar-refractivity contribution in [3.63, 3.8) is 0 Å². The molecule has 0 unspecified atom stereocenters. The second-order valence-electron chi connectivity index (χ2n) is 5.65. The second kappa shape index (κ2) is 5.01. The van der Waals surface area contributed by atoms with Crippen LogP contribution in [0.3, 0.4) is 0 Å². The van der Waals surface area contributed by atoms with Gasteiger partial charge in [-0.15, -0.1) is 0 Å². The number of para-hydroxylation sites is 1. The number of hydrogen-bond donors (Lipinski definition) is 2. The summed E-state index contributed by atoms with van der Waals surface area (Å²) in [6.07, 6.45) is 1.79. The average Bonchev–Trinajstić information content (AvgIpc) is 2.99. The quantitative estimate of drug-likeness (QED) is 0.762. The van der Waals surface area contributed by atoms with Crippen LogP contribution in [0.5, 0.6) is 5.88 Å². The van der Waals surface area contributed by atoms with Gasteiger partial charge in [0, 0.05) is 11.6 Å². The minimum absolute atomic E-state index is 0.0525. The lowest BCUT2D eigenvalue weighted by atomic mass is 10.1. The largest absolute Gasteiger partial charge is 0.471 e. The fourth-order valence-corrected chi connectivity index (χ4v) is 2.96.